The highest BCUT2D eigenvalue weighted by Gasteiger charge is 2.26. The van der Waals surface area contributed by atoms with Gasteiger partial charge in [0.25, 0.3) is 0 Å². The molecule has 2 N–H and O–H groups in total. The smallest absolute Gasteiger partial charge is 0.313 e. The van der Waals surface area contributed by atoms with Gasteiger partial charge < -0.3 is 20.3 Å². The summed E-state index contributed by atoms with van der Waals surface area (Å²) in [7, 11) is 3.64. The summed E-state index contributed by atoms with van der Waals surface area (Å²) in [6.07, 6.45) is 0. The van der Waals surface area contributed by atoms with Crippen molar-refractivity contribution in [1.82, 2.24) is 15.1 Å². The number of methoxy groups -OCH3 is 1. The SMILES string of the molecule is COc1ccc(C)cc1NC(=O)C(=O)NCC(c1ccsc1)N1CCN(C)CC1. The Morgan fingerprint density at radius 1 is 1.17 bits per heavy atom. The predicted octanol–water partition coefficient (Wildman–Crippen LogP) is 2.11. The van der Waals surface area contributed by atoms with Gasteiger partial charge in [0.05, 0.1) is 18.8 Å². The van der Waals surface area contributed by atoms with Crippen LogP contribution >= 0.6 is 11.3 Å². The van der Waals surface area contributed by atoms with Crippen molar-refractivity contribution >= 4 is 28.8 Å². The Morgan fingerprint density at radius 2 is 1.93 bits per heavy atom. The molecular formula is C21H28N4O3S. The third-order valence-electron chi connectivity index (χ3n) is 5.17. The van der Waals surface area contributed by atoms with Gasteiger partial charge >= 0.3 is 11.8 Å². The molecule has 29 heavy (non-hydrogen) atoms. The number of ether oxygens (including phenoxy) is 1. The number of amides is 2. The van der Waals surface area contributed by atoms with E-state index in [0.717, 1.165) is 31.7 Å². The maximum Gasteiger partial charge on any atom is 0.313 e. The lowest BCUT2D eigenvalue weighted by molar-refractivity contribution is -0.136. The van der Waals surface area contributed by atoms with Gasteiger partial charge in [-0.15, -0.1) is 0 Å². The van der Waals surface area contributed by atoms with Crippen molar-refractivity contribution in [2.75, 3.05) is 52.2 Å². The van der Waals surface area contributed by atoms with E-state index >= 15 is 0 Å². The maximum atomic E-state index is 12.5. The molecule has 1 unspecified atom stereocenters. The van der Waals surface area contributed by atoms with E-state index in [1.54, 1.807) is 23.5 Å². The Labute approximate surface area is 175 Å². The Morgan fingerprint density at radius 3 is 2.59 bits per heavy atom. The van der Waals surface area contributed by atoms with Crippen LogP contribution in [-0.4, -0.2) is 68.5 Å². The molecule has 156 valence electrons. The molecule has 2 heterocycles. The number of likely N-dealkylation sites (N-methyl/N-ethyl adjacent to an activating group) is 1. The van der Waals surface area contributed by atoms with Crippen LogP contribution in [0.15, 0.2) is 35.0 Å². The summed E-state index contributed by atoms with van der Waals surface area (Å²) in [4.78, 5) is 29.5. The zero-order valence-electron chi connectivity index (χ0n) is 17.1. The van der Waals surface area contributed by atoms with Crippen molar-refractivity contribution in [3.8, 4) is 5.75 Å². The second-order valence-corrected chi connectivity index (χ2v) is 8.06. The highest BCUT2D eigenvalue weighted by atomic mass is 32.1. The van der Waals surface area contributed by atoms with E-state index < -0.39 is 11.8 Å². The van der Waals surface area contributed by atoms with E-state index in [4.69, 9.17) is 4.74 Å². The highest BCUT2D eigenvalue weighted by molar-refractivity contribution is 7.08. The van der Waals surface area contributed by atoms with Crippen LogP contribution in [0.3, 0.4) is 0 Å². The molecule has 0 spiro atoms. The summed E-state index contributed by atoms with van der Waals surface area (Å²) in [5, 5.41) is 9.60. The Hall–Kier alpha value is -2.42. The summed E-state index contributed by atoms with van der Waals surface area (Å²) in [5.41, 5.74) is 2.62. The van der Waals surface area contributed by atoms with Crippen LogP contribution < -0.4 is 15.4 Å². The number of aryl methyl sites for hydroxylation is 1. The summed E-state index contributed by atoms with van der Waals surface area (Å²) >= 11 is 1.64. The lowest BCUT2D eigenvalue weighted by atomic mass is 10.1. The molecule has 1 aromatic carbocycles. The zero-order valence-corrected chi connectivity index (χ0v) is 17.9. The molecule has 3 rings (SSSR count). The van der Waals surface area contributed by atoms with Gasteiger partial charge in [-0.05, 0) is 54.1 Å². The lowest BCUT2D eigenvalue weighted by Gasteiger charge is -2.37. The van der Waals surface area contributed by atoms with Gasteiger partial charge in [-0.25, -0.2) is 0 Å². The van der Waals surface area contributed by atoms with Crippen LogP contribution in [0.4, 0.5) is 5.69 Å². The molecule has 0 bridgehead atoms. The van der Waals surface area contributed by atoms with Crippen LogP contribution in [0, 0.1) is 6.92 Å². The van der Waals surface area contributed by atoms with Crippen LogP contribution in [0.25, 0.3) is 0 Å². The highest BCUT2D eigenvalue weighted by Crippen LogP contribution is 2.25. The van der Waals surface area contributed by atoms with Gasteiger partial charge in [-0.3, -0.25) is 14.5 Å². The van der Waals surface area contributed by atoms with Gasteiger partial charge in [-0.1, -0.05) is 6.07 Å². The number of benzene rings is 1. The number of thiophene rings is 1. The largest absolute Gasteiger partial charge is 0.495 e. The zero-order chi connectivity index (χ0) is 20.8. The normalized spacial score (nSPS) is 16.2. The maximum absolute atomic E-state index is 12.5. The van der Waals surface area contributed by atoms with Crippen molar-refractivity contribution in [1.29, 1.82) is 0 Å². The minimum atomic E-state index is -0.698. The molecule has 0 radical (unpaired) electrons. The van der Waals surface area contributed by atoms with E-state index in [1.165, 1.54) is 12.7 Å². The molecule has 1 saturated heterocycles. The number of anilines is 1. The number of hydrogen-bond donors (Lipinski definition) is 2. The third-order valence-corrected chi connectivity index (χ3v) is 5.87. The number of rotatable bonds is 6. The van der Waals surface area contributed by atoms with Gasteiger partial charge in [0.1, 0.15) is 5.75 Å². The fourth-order valence-electron chi connectivity index (χ4n) is 3.42. The molecule has 8 heteroatoms. The fraction of sp³-hybridized carbons (Fsp3) is 0.429. The molecule has 2 aromatic rings. The van der Waals surface area contributed by atoms with Crippen molar-refractivity contribution < 1.29 is 14.3 Å². The Bertz CT molecular complexity index is 832. The second kappa shape index (κ2) is 9.87. The summed E-state index contributed by atoms with van der Waals surface area (Å²) in [5.74, 6) is -0.829. The van der Waals surface area contributed by atoms with Crippen molar-refractivity contribution in [2.45, 2.75) is 13.0 Å². The topological polar surface area (TPSA) is 73.9 Å². The third kappa shape index (κ3) is 5.56. The van der Waals surface area contributed by atoms with Crippen molar-refractivity contribution in [2.24, 2.45) is 0 Å². The molecule has 1 atom stereocenters. The second-order valence-electron chi connectivity index (χ2n) is 7.28. The first-order valence-corrected chi connectivity index (χ1v) is 10.6. The van der Waals surface area contributed by atoms with E-state index in [2.05, 4.69) is 38.9 Å². The van der Waals surface area contributed by atoms with Crippen LogP contribution in [0.2, 0.25) is 0 Å². The summed E-state index contributed by atoms with van der Waals surface area (Å²) in [6.45, 7) is 6.14. The molecule has 1 aliphatic heterocycles. The summed E-state index contributed by atoms with van der Waals surface area (Å²) in [6, 6.07) is 7.57. The lowest BCUT2D eigenvalue weighted by Crippen LogP contribution is -2.49. The molecule has 1 fully saturated rings. The number of carbonyl (C=O) groups excluding carboxylic acids is 2. The first-order chi connectivity index (χ1) is 14.0. The van der Waals surface area contributed by atoms with Gasteiger partial charge in [0, 0.05) is 32.7 Å². The van der Waals surface area contributed by atoms with Gasteiger partial charge in [0.15, 0.2) is 0 Å². The van der Waals surface area contributed by atoms with Crippen molar-refractivity contribution in [3.05, 3.63) is 46.2 Å². The average molecular weight is 417 g/mol. The predicted molar refractivity (Wildman–Crippen MR) is 116 cm³/mol. The Kier molecular flexibility index (Phi) is 7.24. The van der Waals surface area contributed by atoms with E-state index in [9.17, 15) is 9.59 Å². The minimum absolute atomic E-state index is 0.0557. The van der Waals surface area contributed by atoms with Crippen LogP contribution in [-0.2, 0) is 9.59 Å². The minimum Gasteiger partial charge on any atom is -0.495 e. The average Bonchev–Trinajstić information content (AvgIpc) is 3.24. The molecule has 0 aliphatic carbocycles. The Balaban J connectivity index is 1.62. The number of hydrogen-bond acceptors (Lipinski definition) is 6. The molecule has 1 aliphatic rings. The van der Waals surface area contributed by atoms with E-state index in [-0.39, 0.29) is 6.04 Å². The standard InChI is InChI=1S/C21H28N4O3S/c1-15-4-5-19(28-3)17(12-15)23-21(27)20(26)22-13-18(16-6-11-29-14-16)25-9-7-24(2)8-10-25/h4-6,11-12,14,18H,7-10,13H2,1-3H3,(H,22,26)(H,23,27). The quantitative estimate of drug-likeness (QED) is 0.706. The number of piperazine rings is 1. The molecule has 2 amide bonds. The number of nitrogens with one attached hydrogen (secondary N) is 2. The van der Waals surface area contributed by atoms with Crippen LogP contribution in [0.5, 0.6) is 5.75 Å². The molecule has 7 nitrogen and oxygen atoms in total. The molecular weight excluding hydrogens is 388 g/mol. The van der Waals surface area contributed by atoms with E-state index in [1.807, 2.05) is 18.4 Å². The monoisotopic (exact) mass is 416 g/mol. The first kappa shape index (κ1) is 21.3. The number of carbonyl (C=O) groups is 2. The first-order valence-electron chi connectivity index (χ1n) is 9.66. The van der Waals surface area contributed by atoms with Crippen molar-refractivity contribution in [3.63, 3.8) is 0 Å². The van der Waals surface area contributed by atoms with Crippen LogP contribution in [0.1, 0.15) is 17.2 Å². The van der Waals surface area contributed by atoms with Gasteiger partial charge in [-0.2, -0.15) is 11.3 Å². The number of nitrogens with zero attached hydrogens (tertiary/aromatic N) is 2. The molecule has 0 saturated carbocycles. The van der Waals surface area contributed by atoms with Gasteiger partial charge in [0.2, 0.25) is 0 Å². The molecule has 1 aromatic heterocycles. The summed E-state index contributed by atoms with van der Waals surface area (Å²) < 4.78 is 5.26. The van der Waals surface area contributed by atoms with E-state index in [0.29, 0.717) is 18.0 Å². The fourth-order valence-corrected chi connectivity index (χ4v) is 4.13.